The highest BCUT2D eigenvalue weighted by Crippen LogP contribution is 2.36. The zero-order valence-electron chi connectivity index (χ0n) is 17.9. The summed E-state index contributed by atoms with van der Waals surface area (Å²) in [7, 11) is 0. The molecule has 1 aromatic carbocycles. The number of aromatic nitrogens is 1. The number of fused-ring (bicyclic) bond motifs is 1. The van der Waals surface area contributed by atoms with Gasteiger partial charge >= 0.3 is 0 Å². The predicted molar refractivity (Wildman–Crippen MR) is 128 cm³/mol. The Morgan fingerprint density at radius 2 is 1.97 bits per heavy atom. The van der Waals surface area contributed by atoms with Crippen molar-refractivity contribution < 1.29 is 9.59 Å². The van der Waals surface area contributed by atoms with Crippen LogP contribution < -0.4 is 0 Å². The number of pyridine rings is 1. The number of amides is 1. The molecule has 5 rings (SSSR count). The average molecular weight is 467 g/mol. The van der Waals surface area contributed by atoms with E-state index in [-0.39, 0.29) is 17.7 Å². The molecule has 1 atom stereocenters. The Morgan fingerprint density at radius 1 is 1.16 bits per heavy atom. The van der Waals surface area contributed by atoms with Crippen LogP contribution >= 0.6 is 23.2 Å². The Labute approximate surface area is 197 Å². The molecule has 1 amide bonds. The Hall–Kier alpha value is -2.43. The Bertz CT molecular complexity index is 1180. The first-order valence-electron chi connectivity index (χ1n) is 11.1. The molecule has 0 bridgehead atoms. The van der Waals surface area contributed by atoms with E-state index in [4.69, 9.17) is 28.2 Å². The van der Waals surface area contributed by atoms with E-state index in [2.05, 4.69) is 31.2 Å². The van der Waals surface area contributed by atoms with Crippen LogP contribution in [0.15, 0.2) is 36.4 Å². The summed E-state index contributed by atoms with van der Waals surface area (Å²) in [5, 5.41) is 0.819. The van der Waals surface area contributed by atoms with Gasteiger partial charge in [-0.1, -0.05) is 48.4 Å². The highest BCUT2D eigenvalue weighted by Gasteiger charge is 2.31. The Kier molecular flexibility index (Phi) is 5.68. The number of Topliss-reactive ketones (excluding diaryl/α,β-unsaturated/α-hetero) is 1. The highest BCUT2D eigenvalue weighted by atomic mass is 35.5. The number of benzene rings is 1. The average Bonchev–Trinajstić information content (AvgIpc) is 3.53. The monoisotopic (exact) mass is 466 g/mol. The first-order chi connectivity index (χ1) is 15.4. The van der Waals surface area contributed by atoms with Crippen molar-refractivity contribution in [1.82, 2.24) is 9.88 Å². The molecule has 0 spiro atoms. The van der Waals surface area contributed by atoms with Crippen LogP contribution in [0.4, 0.5) is 0 Å². The number of halogens is 2. The summed E-state index contributed by atoms with van der Waals surface area (Å²) >= 11 is 12.1. The van der Waals surface area contributed by atoms with Gasteiger partial charge in [-0.05, 0) is 54.2 Å². The fourth-order valence-electron chi connectivity index (χ4n) is 4.62. The van der Waals surface area contributed by atoms with E-state index in [1.165, 1.54) is 5.57 Å². The lowest BCUT2D eigenvalue weighted by molar-refractivity contribution is -0.119. The maximum atomic E-state index is 13.0. The maximum Gasteiger partial charge on any atom is 0.254 e. The van der Waals surface area contributed by atoms with Gasteiger partial charge in [0.2, 0.25) is 0 Å². The van der Waals surface area contributed by atoms with Crippen molar-refractivity contribution in [2.75, 3.05) is 13.1 Å². The van der Waals surface area contributed by atoms with Crippen molar-refractivity contribution in [3.8, 4) is 0 Å². The topological polar surface area (TPSA) is 50.3 Å². The number of hydrogen-bond donors (Lipinski definition) is 0. The van der Waals surface area contributed by atoms with Crippen LogP contribution in [0.5, 0.6) is 0 Å². The van der Waals surface area contributed by atoms with Crippen LogP contribution in [0.3, 0.4) is 0 Å². The van der Waals surface area contributed by atoms with Crippen molar-refractivity contribution in [3.05, 3.63) is 74.5 Å². The summed E-state index contributed by atoms with van der Waals surface area (Å²) in [5.41, 5.74) is 5.96. The molecule has 0 saturated heterocycles. The first-order valence-corrected chi connectivity index (χ1v) is 11.8. The van der Waals surface area contributed by atoms with E-state index in [1.54, 1.807) is 18.2 Å². The van der Waals surface area contributed by atoms with Crippen molar-refractivity contribution in [2.45, 2.75) is 32.6 Å². The Morgan fingerprint density at radius 3 is 2.69 bits per heavy atom. The van der Waals surface area contributed by atoms with Crippen LogP contribution in [-0.4, -0.2) is 34.7 Å². The molecule has 2 aromatic rings. The van der Waals surface area contributed by atoms with Gasteiger partial charge in [0.25, 0.3) is 5.91 Å². The quantitative estimate of drug-likeness (QED) is 0.571. The molecule has 3 aliphatic rings. The van der Waals surface area contributed by atoms with Gasteiger partial charge in [-0.3, -0.25) is 14.6 Å². The molecule has 6 heteroatoms. The summed E-state index contributed by atoms with van der Waals surface area (Å²) < 4.78 is 0. The third kappa shape index (κ3) is 4.14. The molecule has 2 aliphatic carbocycles. The third-order valence-electron chi connectivity index (χ3n) is 6.50. The predicted octanol–water partition coefficient (Wildman–Crippen LogP) is 5.65. The number of nitrogens with zero attached hydrogens (tertiary/aromatic N) is 2. The number of ketones is 1. The maximum absolute atomic E-state index is 13.0. The molecule has 0 N–H and O–H groups in total. The summed E-state index contributed by atoms with van der Waals surface area (Å²) in [4.78, 5) is 32.0. The van der Waals surface area contributed by atoms with Crippen LogP contribution in [-0.2, 0) is 17.6 Å². The van der Waals surface area contributed by atoms with E-state index < -0.39 is 0 Å². The van der Waals surface area contributed by atoms with Crippen molar-refractivity contribution in [1.29, 1.82) is 0 Å². The van der Waals surface area contributed by atoms with Gasteiger partial charge < -0.3 is 4.90 Å². The lowest BCUT2D eigenvalue weighted by atomic mass is 9.87. The van der Waals surface area contributed by atoms with Gasteiger partial charge in [-0.2, -0.15) is 0 Å². The summed E-state index contributed by atoms with van der Waals surface area (Å²) in [6, 6.07) is 7.08. The SMILES string of the molecule is CC1CN(C(=O)c2ccc(Cl)c(Cl)c2)CC=C1c1cc(CC(=O)C2CC2)nc2c1C=CC2. The summed E-state index contributed by atoms with van der Waals surface area (Å²) in [5.74, 6) is 0.642. The second kappa shape index (κ2) is 8.49. The molecule has 1 unspecified atom stereocenters. The second-order valence-electron chi connectivity index (χ2n) is 8.94. The summed E-state index contributed by atoms with van der Waals surface area (Å²) in [6.45, 7) is 3.28. The molecule has 164 valence electrons. The van der Waals surface area contributed by atoms with Crippen LogP contribution in [0.2, 0.25) is 10.0 Å². The van der Waals surface area contributed by atoms with Crippen LogP contribution in [0.25, 0.3) is 11.6 Å². The van der Waals surface area contributed by atoms with E-state index >= 15 is 0 Å². The molecule has 2 heterocycles. The highest BCUT2D eigenvalue weighted by molar-refractivity contribution is 6.42. The summed E-state index contributed by atoms with van der Waals surface area (Å²) in [6.07, 6.45) is 9.64. The van der Waals surface area contributed by atoms with E-state index in [0.29, 0.717) is 40.9 Å². The molecule has 1 aliphatic heterocycles. The molecular formula is C26H24Cl2N2O2. The fraction of sp³-hybridized carbons (Fsp3) is 0.346. The van der Waals surface area contributed by atoms with Gasteiger partial charge in [-0.15, -0.1) is 0 Å². The van der Waals surface area contributed by atoms with Crippen molar-refractivity contribution in [2.24, 2.45) is 11.8 Å². The van der Waals surface area contributed by atoms with E-state index in [0.717, 1.165) is 41.8 Å². The molecule has 1 aromatic heterocycles. The first kappa shape index (κ1) is 21.4. The number of hydrogen-bond acceptors (Lipinski definition) is 3. The standard InChI is InChI=1S/C26H24Cl2N2O2/c1-15-14-30(26(32)17-7-8-22(27)23(28)11-17)10-9-19(15)21-12-18(13-25(31)16-5-6-16)29-24-4-2-3-20(21)24/h2-3,7-9,11-12,15-16H,4-6,10,13-14H2,1H3. The zero-order valence-corrected chi connectivity index (χ0v) is 19.4. The molecular weight excluding hydrogens is 443 g/mol. The number of allylic oxidation sites excluding steroid dienone is 1. The lowest BCUT2D eigenvalue weighted by Crippen LogP contribution is -2.38. The minimum absolute atomic E-state index is 0.0544. The van der Waals surface area contributed by atoms with Crippen molar-refractivity contribution >= 4 is 46.5 Å². The fourth-order valence-corrected chi connectivity index (χ4v) is 4.92. The van der Waals surface area contributed by atoms with E-state index in [9.17, 15) is 9.59 Å². The van der Waals surface area contributed by atoms with Gasteiger partial charge in [0.05, 0.1) is 15.7 Å². The normalized spacial score (nSPS) is 19.7. The van der Waals surface area contributed by atoms with Crippen LogP contribution in [0.1, 0.15) is 52.6 Å². The second-order valence-corrected chi connectivity index (χ2v) is 9.76. The lowest BCUT2D eigenvalue weighted by Gasteiger charge is -2.32. The van der Waals surface area contributed by atoms with Gasteiger partial charge in [-0.25, -0.2) is 0 Å². The molecule has 0 radical (unpaired) electrons. The molecule has 1 fully saturated rings. The third-order valence-corrected chi connectivity index (χ3v) is 7.23. The number of rotatable bonds is 5. The minimum atomic E-state index is -0.0544. The number of carbonyl (C=O) groups is 2. The molecule has 4 nitrogen and oxygen atoms in total. The molecule has 32 heavy (non-hydrogen) atoms. The van der Waals surface area contributed by atoms with E-state index in [1.807, 2.05) is 4.90 Å². The van der Waals surface area contributed by atoms with Gasteiger partial charge in [0.15, 0.2) is 0 Å². The largest absolute Gasteiger partial charge is 0.334 e. The van der Waals surface area contributed by atoms with Crippen LogP contribution in [0, 0.1) is 11.8 Å². The number of carbonyl (C=O) groups excluding carboxylic acids is 2. The van der Waals surface area contributed by atoms with Crippen molar-refractivity contribution in [3.63, 3.8) is 0 Å². The molecule has 1 saturated carbocycles. The minimum Gasteiger partial charge on any atom is -0.334 e. The smallest absolute Gasteiger partial charge is 0.254 e. The zero-order chi connectivity index (χ0) is 22.4. The van der Waals surface area contributed by atoms with Gasteiger partial charge in [0.1, 0.15) is 5.78 Å². The van der Waals surface area contributed by atoms with Gasteiger partial charge in [0, 0.05) is 48.7 Å². The Balaban J connectivity index is 1.41.